The van der Waals surface area contributed by atoms with Crippen molar-refractivity contribution < 1.29 is 4.79 Å². The monoisotopic (exact) mass is 274 g/mol. The summed E-state index contributed by atoms with van der Waals surface area (Å²) >= 11 is 1.66. The van der Waals surface area contributed by atoms with E-state index in [1.54, 1.807) is 16.2 Å². The summed E-state index contributed by atoms with van der Waals surface area (Å²) in [6, 6.07) is 11.7. The maximum absolute atomic E-state index is 12.5. The molecule has 0 fully saturated rings. The van der Waals surface area contributed by atoms with Gasteiger partial charge >= 0.3 is 0 Å². The van der Waals surface area contributed by atoms with Crippen molar-refractivity contribution in [2.45, 2.75) is 13.0 Å². The fourth-order valence-electron chi connectivity index (χ4n) is 2.02. The molecule has 0 radical (unpaired) electrons. The lowest BCUT2D eigenvalue weighted by Crippen LogP contribution is -2.27. The molecule has 0 aliphatic carbocycles. The smallest absolute Gasteiger partial charge is 0.254 e. The number of benzene rings is 1. The number of carbonyl (C=O) groups is 1. The highest BCUT2D eigenvalue weighted by atomic mass is 32.1. The first-order valence-corrected chi connectivity index (χ1v) is 7.16. The van der Waals surface area contributed by atoms with E-state index in [4.69, 9.17) is 5.73 Å². The van der Waals surface area contributed by atoms with Crippen molar-refractivity contribution >= 4 is 17.2 Å². The lowest BCUT2D eigenvalue weighted by Gasteiger charge is -2.18. The number of carbonyl (C=O) groups excluding carboxylic acids is 1. The molecule has 4 heteroatoms. The summed E-state index contributed by atoms with van der Waals surface area (Å²) in [6.45, 7) is 1.20. The summed E-state index contributed by atoms with van der Waals surface area (Å²) < 4.78 is 0. The van der Waals surface area contributed by atoms with Gasteiger partial charge in [0.05, 0.1) is 6.54 Å². The normalized spacial score (nSPS) is 10.4. The highest BCUT2D eigenvalue weighted by Gasteiger charge is 2.15. The van der Waals surface area contributed by atoms with E-state index in [1.807, 2.05) is 48.8 Å². The molecule has 3 nitrogen and oxygen atoms in total. The van der Waals surface area contributed by atoms with Crippen molar-refractivity contribution in [3.63, 3.8) is 0 Å². The van der Waals surface area contributed by atoms with Crippen molar-refractivity contribution in [3.05, 3.63) is 57.8 Å². The average molecular weight is 274 g/mol. The summed E-state index contributed by atoms with van der Waals surface area (Å²) in [4.78, 5) is 15.4. The number of thiophene rings is 1. The molecule has 2 aromatic rings. The quantitative estimate of drug-likeness (QED) is 0.910. The third-order valence-corrected chi connectivity index (χ3v) is 3.84. The van der Waals surface area contributed by atoms with Crippen LogP contribution in [-0.2, 0) is 13.0 Å². The van der Waals surface area contributed by atoms with Gasteiger partial charge in [-0.1, -0.05) is 24.3 Å². The second-order valence-corrected chi connectivity index (χ2v) is 5.47. The van der Waals surface area contributed by atoms with Gasteiger partial charge in [-0.15, -0.1) is 11.3 Å². The van der Waals surface area contributed by atoms with Gasteiger partial charge in [0.15, 0.2) is 0 Å². The summed E-state index contributed by atoms with van der Waals surface area (Å²) in [6.07, 6.45) is 0.731. The Morgan fingerprint density at radius 2 is 2.05 bits per heavy atom. The fraction of sp³-hybridized carbons (Fsp3) is 0.267. The first-order chi connectivity index (χ1) is 9.22. The first kappa shape index (κ1) is 13.8. The molecule has 2 N–H and O–H groups in total. The van der Waals surface area contributed by atoms with Crippen molar-refractivity contribution in [1.82, 2.24) is 4.90 Å². The summed E-state index contributed by atoms with van der Waals surface area (Å²) in [5.41, 5.74) is 7.37. The van der Waals surface area contributed by atoms with E-state index >= 15 is 0 Å². The fourth-order valence-corrected chi connectivity index (χ4v) is 2.77. The Bertz CT molecular complexity index is 537. The molecule has 0 bridgehead atoms. The van der Waals surface area contributed by atoms with Gasteiger partial charge in [-0.2, -0.15) is 0 Å². The van der Waals surface area contributed by atoms with Crippen molar-refractivity contribution in [2.24, 2.45) is 5.73 Å². The van der Waals surface area contributed by atoms with Gasteiger partial charge in [-0.25, -0.2) is 0 Å². The third kappa shape index (κ3) is 3.43. The van der Waals surface area contributed by atoms with Crippen LogP contribution in [-0.4, -0.2) is 24.4 Å². The van der Waals surface area contributed by atoms with Gasteiger partial charge in [-0.3, -0.25) is 4.79 Å². The molecule has 2 rings (SSSR count). The van der Waals surface area contributed by atoms with E-state index < -0.39 is 0 Å². The standard InChI is InChI=1S/C15H18N2OS/c1-17(11-13-6-4-10-19-13)15(18)14-7-3-2-5-12(14)8-9-16/h2-7,10H,8-9,11,16H2,1H3. The number of hydrogen-bond acceptors (Lipinski definition) is 3. The lowest BCUT2D eigenvalue weighted by molar-refractivity contribution is 0.0785. The Morgan fingerprint density at radius 3 is 2.74 bits per heavy atom. The Kier molecular flexibility index (Phi) is 4.71. The van der Waals surface area contributed by atoms with Crippen LogP contribution in [0, 0.1) is 0 Å². The molecule has 0 saturated heterocycles. The van der Waals surface area contributed by atoms with Crippen molar-refractivity contribution in [1.29, 1.82) is 0 Å². The molecule has 1 aromatic carbocycles. The van der Waals surface area contributed by atoms with Crippen LogP contribution in [0.4, 0.5) is 0 Å². The molecule has 1 amide bonds. The van der Waals surface area contributed by atoms with E-state index in [9.17, 15) is 4.79 Å². The second-order valence-electron chi connectivity index (χ2n) is 4.44. The maximum atomic E-state index is 12.5. The van der Waals surface area contributed by atoms with Gasteiger partial charge in [0, 0.05) is 17.5 Å². The van der Waals surface area contributed by atoms with Crippen LogP contribution in [0.3, 0.4) is 0 Å². The average Bonchev–Trinajstić information content (AvgIpc) is 2.92. The SMILES string of the molecule is CN(Cc1cccs1)C(=O)c1ccccc1CCN. The Morgan fingerprint density at radius 1 is 1.26 bits per heavy atom. The molecular formula is C15H18N2OS. The number of nitrogens with zero attached hydrogens (tertiary/aromatic N) is 1. The van der Waals surface area contributed by atoms with Crippen LogP contribution in [0.25, 0.3) is 0 Å². The van der Waals surface area contributed by atoms with E-state index in [2.05, 4.69) is 0 Å². The van der Waals surface area contributed by atoms with Gasteiger partial charge < -0.3 is 10.6 Å². The van der Waals surface area contributed by atoms with Gasteiger partial charge in [-0.05, 0) is 36.0 Å². The molecular weight excluding hydrogens is 256 g/mol. The largest absolute Gasteiger partial charge is 0.337 e. The zero-order valence-electron chi connectivity index (χ0n) is 11.0. The van der Waals surface area contributed by atoms with E-state index in [1.165, 1.54) is 4.88 Å². The van der Waals surface area contributed by atoms with Crippen LogP contribution in [0.2, 0.25) is 0 Å². The van der Waals surface area contributed by atoms with E-state index in [-0.39, 0.29) is 5.91 Å². The predicted molar refractivity (Wildman–Crippen MR) is 79.3 cm³/mol. The van der Waals surface area contributed by atoms with E-state index in [0.29, 0.717) is 13.1 Å². The Labute approximate surface area is 117 Å². The molecule has 0 aliphatic heterocycles. The molecule has 19 heavy (non-hydrogen) atoms. The minimum absolute atomic E-state index is 0.0532. The predicted octanol–water partition coefficient (Wildman–Crippen LogP) is 2.52. The van der Waals surface area contributed by atoms with Crippen LogP contribution in [0.5, 0.6) is 0 Å². The first-order valence-electron chi connectivity index (χ1n) is 6.28. The summed E-state index contributed by atoms with van der Waals surface area (Å²) in [5.74, 6) is 0.0532. The zero-order valence-corrected chi connectivity index (χ0v) is 11.8. The van der Waals surface area contributed by atoms with Crippen molar-refractivity contribution in [3.8, 4) is 0 Å². The second kappa shape index (κ2) is 6.50. The van der Waals surface area contributed by atoms with Gasteiger partial charge in [0.25, 0.3) is 5.91 Å². The molecule has 0 unspecified atom stereocenters. The number of hydrogen-bond donors (Lipinski definition) is 1. The Hall–Kier alpha value is -1.65. The molecule has 0 atom stereocenters. The van der Waals surface area contributed by atoms with Crippen LogP contribution < -0.4 is 5.73 Å². The molecule has 0 spiro atoms. The highest BCUT2D eigenvalue weighted by molar-refractivity contribution is 7.09. The molecule has 1 aromatic heterocycles. The lowest BCUT2D eigenvalue weighted by atomic mass is 10.0. The van der Waals surface area contributed by atoms with Gasteiger partial charge in [0.1, 0.15) is 0 Å². The summed E-state index contributed by atoms with van der Waals surface area (Å²) in [5, 5.41) is 2.02. The minimum atomic E-state index is 0.0532. The maximum Gasteiger partial charge on any atom is 0.254 e. The molecule has 100 valence electrons. The molecule has 1 heterocycles. The highest BCUT2D eigenvalue weighted by Crippen LogP contribution is 2.15. The molecule has 0 saturated carbocycles. The van der Waals surface area contributed by atoms with E-state index in [0.717, 1.165) is 17.5 Å². The summed E-state index contributed by atoms with van der Waals surface area (Å²) in [7, 11) is 1.83. The topological polar surface area (TPSA) is 46.3 Å². The third-order valence-electron chi connectivity index (χ3n) is 2.98. The zero-order chi connectivity index (χ0) is 13.7. The van der Waals surface area contributed by atoms with Crippen LogP contribution in [0.1, 0.15) is 20.8 Å². The number of nitrogens with two attached hydrogens (primary N) is 1. The number of rotatable bonds is 5. The van der Waals surface area contributed by atoms with Gasteiger partial charge in [0.2, 0.25) is 0 Å². The van der Waals surface area contributed by atoms with Crippen LogP contribution in [0.15, 0.2) is 41.8 Å². The van der Waals surface area contributed by atoms with Crippen molar-refractivity contribution in [2.75, 3.05) is 13.6 Å². The molecule has 0 aliphatic rings. The minimum Gasteiger partial charge on any atom is -0.337 e. The number of amides is 1. The Balaban J connectivity index is 2.14. The van der Waals surface area contributed by atoms with Crippen LogP contribution >= 0.6 is 11.3 Å².